The summed E-state index contributed by atoms with van der Waals surface area (Å²) in [5, 5.41) is 10.5. The Kier molecular flexibility index (Phi) is 53.9. The molecule has 19 heteroatoms. The van der Waals surface area contributed by atoms with Gasteiger partial charge in [0, 0.05) is 25.7 Å². The predicted molar refractivity (Wildman–Crippen MR) is 335 cm³/mol. The fourth-order valence-electron chi connectivity index (χ4n) is 9.54. The zero-order valence-corrected chi connectivity index (χ0v) is 56.3. The third-order valence-electron chi connectivity index (χ3n) is 15.5. The Morgan fingerprint density at radius 2 is 0.571 bits per heavy atom. The van der Waals surface area contributed by atoms with Crippen LogP contribution in [0.15, 0.2) is 0 Å². The Bertz CT molecular complexity index is 1680. The molecule has 0 aromatic heterocycles. The molecule has 0 aromatic carbocycles. The highest BCUT2D eigenvalue weighted by Crippen LogP contribution is 2.45. The molecular formula is C65H126O17P2. The quantitative estimate of drug-likeness (QED) is 0.0222. The fourth-order valence-corrected chi connectivity index (χ4v) is 11.1. The van der Waals surface area contributed by atoms with Gasteiger partial charge in [-0.3, -0.25) is 37.3 Å². The minimum atomic E-state index is -4.95. The lowest BCUT2D eigenvalue weighted by atomic mass is 9.99. The second kappa shape index (κ2) is 55.2. The summed E-state index contributed by atoms with van der Waals surface area (Å²) in [5.41, 5.74) is 0. The van der Waals surface area contributed by atoms with E-state index in [1.54, 1.807) is 0 Å². The molecule has 0 radical (unpaired) electrons. The molecule has 5 unspecified atom stereocenters. The van der Waals surface area contributed by atoms with Crippen molar-refractivity contribution in [2.45, 2.75) is 331 Å². The van der Waals surface area contributed by atoms with Gasteiger partial charge in [-0.2, -0.15) is 0 Å². The van der Waals surface area contributed by atoms with Crippen molar-refractivity contribution in [3.8, 4) is 0 Å². The minimum absolute atomic E-state index is 0.101. The Labute approximate surface area is 511 Å². The summed E-state index contributed by atoms with van der Waals surface area (Å²) in [6.07, 6.45) is 35.0. The van der Waals surface area contributed by atoms with Crippen LogP contribution in [0.3, 0.4) is 0 Å². The number of ether oxygens (including phenoxy) is 4. The molecule has 84 heavy (non-hydrogen) atoms. The van der Waals surface area contributed by atoms with E-state index in [1.165, 1.54) is 116 Å². The maximum atomic E-state index is 13.0. The van der Waals surface area contributed by atoms with Crippen LogP contribution >= 0.6 is 15.6 Å². The Hall–Kier alpha value is -1.94. The van der Waals surface area contributed by atoms with E-state index in [2.05, 4.69) is 55.4 Å². The van der Waals surface area contributed by atoms with Gasteiger partial charge in [0.05, 0.1) is 26.4 Å². The fraction of sp³-hybridized carbons (Fsp3) is 0.938. The monoisotopic (exact) mass is 1240 g/mol. The van der Waals surface area contributed by atoms with Crippen LogP contribution in [-0.2, 0) is 65.4 Å². The standard InChI is InChI=1S/C65H126O17P2/c1-9-57(7)43-35-27-18-13-11-12-14-19-29-37-45-62(67)75-52-61(82-65(70)48-40-32-24-22-28-36-44-58(8)10-2)54-80-84(73,74)78-50-59(66)49-77-83(71,72)79-53-60(81-64(69)47-39-31-23-21-26-34-42-56(5)6)51-76-63(68)46-38-30-20-16-15-17-25-33-41-55(3)4/h55-61,66H,9-54H2,1-8H3,(H,71,72)(H,73,74)/t57?,58?,59?,60-,61-/m1/s1. The number of hydrogen-bond acceptors (Lipinski definition) is 15. The summed E-state index contributed by atoms with van der Waals surface area (Å²) >= 11 is 0. The number of carbonyl (C=O) groups is 4. The third kappa shape index (κ3) is 56.6. The molecule has 0 saturated carbocycles. The van der Waals surface area contributed by atoms with Crippen LogP contribution < -0.4 is 0 Å². The molecule has 3 N–H and O–H groups in total. The van der Waals surface area contributed by atoms with Crippen LogP contribution in [0.4, 0.5) is 0 Å². The summed E-state index contributed by atoms with van der Waals surface area (Å²) in [5.74, 6) is 0.782. The highest BCUT2D eigenvalue weighted by molar-refractivity contribution is 7.47. The smallest absolute Gasteiger partial charge is 0.462 e. The maximum Gasteiger partial charge on any atom is 0.472 e. The van der Waals surface area contributed by atoms with Gasteiger partial charge in [0.2, 0.25) is 0 Å². The number of aliphatic hydroxyl groups is 1. The summed E-state index contributed by atoms with van der Waals surface area (Å²) < 4.78 is 68.0. The van der Waals surface area contributed by atoms with Crippen molar-refractivity contribution >= 4 is 39.5 Å². The molecule has 0 saturated heterocycles. The normalized spacial score (nSPS) is 15.1. The molecule has 0 amide bonds. The van der Waals surface area contributed by atoms with E-state index in [0.717, 1.165) is 108 Å². The molecule has 0 bridgehead atoms. The summed E-state index contributed by atoms with van der Waals surface area (Å²) in [4.78, 5) is 72.2. The van der Waals surface area contributed by atoms with Crippen LogP contribution in [0.25, 0.3) is 0 Å². The maximum absolute atomic E-state index is 13.0. The van der Waals surface area contributed by atoms with Gasteiger partial charge in [0.25, 0.3) is 0 Å². The van der Waals surface area contributed by atoms with E-state index in [1.807, 2.05) is 0 Å². The van der Waals surface area contributed by atoms with E-state index in [9.17, 15) is 43.2 Å². The van der Waals surface area contributed by atoms with Gasteiger partial charge in [-0.1, -0.05) is 261 Å². The van der Waals surface area contributed by atoms with E-state index >= 15 is 0 Å². The highest BCUT2D eigenvalue weighted by Gasteiger charge is 2.30. The van der Waals surface area contributed by atoms with Crippen molar-refractivity contribution in [2.24, 2.45) is 23.7 Å². The topological polar surface area (TPSA) is 237 Å². The number of phosphoric acid groups is 2. The minimum Gasteiger partial charge on any atom is -0.462 e. The molecule has 0 aromatic rings. The first-order valence-corrected chi connectivity index (χ1v) is 36.8. The van der Waals surface area contributed by atoms with Gasteiger partial charge < -0.3 is 33.8 Å². The number of hydrogen-bond donors (Lipinski definition) is 3. The van der Waals surface area contributed by atoms with Crippen molar-refractivity contribution in [2.75, 3.05) is 39.6 Å². The van der Waals surface area contributed by atoms with Gasteiger partial charge in [0.1, 0.15) is 19.3 Å². The number of phosphoric ester groups is 2. The molecule has 17 nitrogen and oxygen atoms in total. The van der Waals surface area contributed by atoms with Crippen molar-refractivity contribution in [1.29, 1.82) is 0 Å². The molecule has 0 aliphatic carbocycles. The van der Waals surface area contributed by atoms with Crippen molar-refractivity contribution in [3.63, 3.8) is 0 Å². The van der Waals surface area contributed by atoms with E-state index in [4.69, 9.17) is 37.0 Å². The summed E-state index contributed by atoms with van der Waals surface area (Å²) in [7, 11) is -9.89. The molecule has 7 atom stereocenters. The van der Waals surface area contributed by atoms with Gasteiger partial charge >= 0.3 is 39.5 Å². The number of unbranched alkanes of at least 4 members (excludes halogenated alkanes) is 26. The van der Waals surface area contributed by atoms with Gasteiger partial charge in [-0.25, -0.2) is 9.13 Å². The van der Waals surface area contributed by atoms with E-state index in [0.29, 0.717) is 31.6 Å². The molecule has 0 aliphatic heterocycles. The lowest BCUT2D eigenvalue weighted by molar-refractivity contribution is -0.161. The lowest BCUT2D eigenvalue weighted by Gasteiger charge is -2.21. The van der Waals surface area contributed by atoms with Crippen LogP contribution in [0.2, 0.25) is 0 Å². The first-order chi connectivity index (χ1) is 40.2. The highest BCUT2D eigenvalue weighted by atomic mass is 31.2. The average Bonchev–Trinajstić information content (AvgIpc) is 3.47. The van der Waals surface area contributed by atoms with Crippen LogP contribution in [0.1, 0.15) is 312 Å². The summed E-state index contributed by atoms with van der Waals surface area (Å²) in [6, 6.07) is 0. The van der Waals surface area contributed by atoms with Crippen LogP contribution in [-0.4, -0.2) is 96.7 Å². The predicted octanol–water partition coefficient (Wildman–Crippen LogP) is 17.8. The zero-order chi connectivity index (χ0) is 62.5. The SMILES string of the molecule is CCC(C)CCCCCCCCCCCCC(=O)OC[C@H](COP(=O)(O)OCC(O)COP(=O)(O)OC[C@@H](COC(=O)CCCCCCCCCCC(C)C)OC(=O)CCCCCCCCC(C)C)OC(=O)CCCCCCCCC(C)CC. The molecule has 0 heterocycles. The van der Waals surface area contributed by atoms with Gasteiger partial charge in [-0.15, -0.1) is 0 Å². The molecule has 0 spiro atoms. The third-order valence-corrected chi connectivity index (χ3v) is 17.4. The summed E-state index contributed by atoms with van der Waals surface area (Å²) in [6.45, 7) is 14.0. The average molecular weight is 1240 g/mol. The largest absolute Gasteiger partial charge is 0.472 e. The van der Waals surface area contributed by atoms with Crippen LogP contribution in [0.5, 0.6) is 0 Å². The lowest BCUT2D eigenvalue weighted by Crippen LogP contribution is -2.30. The zero-order valence-electron chi connectivity index (χ0n) is 54.5. The second-order valence-electron chi connectivity index (χ2n) is 24.9. The first-order valence-electron chi connectivity index (χ1n) is 33.8. The Balaban J connectivity index is 5.23. The molecule has 498 valence electrons. The molecular weight excluding hydrogens is 1110 g/mol. The second-order valence-corrected chi connectivity index (χ2v) is 27.8. The number of esters is 4. The van der Waals surface area contributed by atoms with E-state index < -0.39 is 97.5 Å². The number of aliphatic hydroxyl groups excluding tert-OH is 1. The number of rotatable bonds is 62. The van der Waals surface area contributed by atoms with Crippen LogP contribution in [0, 0.1) is 23.7 Å². The Morgan fingerprint density at radius 3 is 0.845 bits per heavy atom. The van der Waals surface area contributed by atoms with E-state index in [-0.39, 0.29) is 25.7 Å². The van der Waals surface area contributed by atoms with Crippen molar-refractivity contribution in [3.05, 3.63) is 0 Å². The van der Waals surface area contributed by atoms with Crippen molar-refractivity contribution in [1.82, 2.24) is 0 Å². The molecule has 0 fully saturated rings. The number of carbonyl (C=O) groups excluding carboxylic acids is 4. The first kappa shape index (κ1) is 82.1. The van der Waals surface area contributed by atoms with Crippen molar-refractivity contribution < 1.29 is 80.2 Å². The molecule has 0 rings (SSSR count). The van der Waals surface area contributed by atoms with Gasteiger partial charge in [0.15, 0.2) is 12.2 Å². The van der Waals surface area contributed by atoms with Gasteiger partial charge in [-0.05, 0) is 49.4 Å². The molecule has 0 aliphatic rings. The Morgan fingerprint density at radius 1 is 0.333 bits per heavy atom.